The summed E-state index contributed by atoms with van der Waals surface area (Å²) in [5, 5.41) is -0.483. The maximum absolute atomic E-state index is 11.7. The summed E-state index contributed by atoms with van der Waals surface area (Å²) in [6.07, 6.45) is 1.23. The number of sulfone groups is 1. The number of nitrogens with two attached hydrogens (primary N) is 1. The van der Waals surface area contributed by atoms with E-state index in [2.05, 4.69) is 0 Å². The van der Waals surface area contributed by atoms with Crippen LogP contribution in [0.5, 0.6) is 5.75 Å². The molecule has 3 atom stereocenters. The fourth-order valence-electron chi connectivity index (χ4n) is 2.38. The van der Waals surface area contributed by atoms with E-state index in [0.29, 0.717) is 0 Å². The third-order valence-corrected chi connectivity index (χ3v) is 5.12. The Labute approximate surface area is 112 Å². The Kier molecular flexibility index (Phi) is 3.33. The van der Waals surface area contributed by atoms with Gasteiger partial charge in [-0.05, 0) is 17.7 Å². The minimum Gasteiger partial charge on any atom is -0.497 e. The van der Waals surface area contributed by atoms with Crippen molar-refractivity contribution in [2.75, 3.05) is 13.4 Å². The first-order valence-electron chi connectivity index (χ1n) is 5.48. The van der Waals surface area contributed by atoms with E-state index in [1.807, 2.05) is 24.3 Å². The summed E-state index contributed by atoms with van der Waals surface area (Å²) >= 11 is 4.94. The molecular weight excluding hydrogens is 270 g/mol. The summed E-state index contributed by atoms with van der Waals surface area (Å²) in [7, 11) is -1.55. The van der Waals surface area contributed by atoms with Crippen LogP contribution in [0.3, 0.4) is 0 Å². The van der Waals surface area contributed by atoms with Gasteiger partial charge in [0.15, 0.2) is 9.84 Å². The molecule has 1 aromatic rings. The lowest BCUT2D eigenvalue weighted by atomic mass is 10.1. The molecule has 1 saturated carbocycles. The number of ether oxygens (including phenoxy) is 1. The first-order chi connectivity index (χ1) is 8.36. The molecular formula is C12H15NO3S2. The van der Waals surface area contributed by atoms with E-state index in [1.165, 1.54) is 6.26 Å². The molecule has 1 aromatic carbocycles. The van der Waals surface area contributed by atoms with Crippen molar-refractivity contribution in [2.24, 2.45) is 11.7 Å². The molecule has 0 aromatic heterocycles. The number of benzene rings is 1. The third kappa shape index (κ3) is 2.35. The Morgan fingerprint density at radius 1 is 1.33 bits per heavy atom. The van der Waals surface area contributed by atoms with Gasteiger partial charge < -0.3 is 10.5 Å². The highest BCUT2D eigenvalue weighted by Crippen LogP contribution is 2.52. The predicted octanol–water partition coefficient (Wildman–Crippen LogP) is 1.11. The zero-order valence-corrected chi connectivity index (χ0v) is 11.8. The molecule has 2 N–H and O–H groups in total. The summed E-state index contributed by atoms with van der Waals surface area (Å²) in [5.74, 6) is 0.369. The molecule has 4 nitrogen and oxygen atoms in total. The highest BCUT2D eigenvalue weighted by Gasteiger charge is 2.58. The number of hydrogen-bond donors (Lipinski definition) is 1. The van der Waals surface area contributed by atoms with Crippen LogP contribution in [-0.2, 0) is 9.84 Å². The summed E-state index contributed by atoms with van der Waals surface area (Å²) in [5.41, 5.74) is 6.55. The summed E-state index contributed by atoms with van der Waals surface area (Å²) < 4.78 is 28.4. The Bertz CT molecular complexity index is 565. The molecule has 0 bridgehead atoms. The monoisotopic (exact) mass is 285 g/mol. The third-order valence-electron chi connectivity index (χ3n) is 3.28. The van der Waals surface area contributed by atoms with Gasteiger partial charge in [0.05, 0.1) is 17.3 Å². The Morgan fingerprint density at radius 2 is 1.89 bits per heavy atom. The lowest BCUT2D eigenvalue weighted by Gasteiger charge is -2.02. The van der Waals surface area contributed by atoms with Crippen LogP contribution in [0.2, 0.25) is 0 Å². The van der Waals surface area contributed by atoms with Gasteiger partial charge in [-0.2, -0.15) is 0 Å². The van der Waals surface area contributed by atoms with E-state index in [-0.39, 0.29) is 16.8 Å². The van der Waals surface area contributed by atoms with E-state index in [0.717, 1.165) is 11.3 Å². The van der Waals surface area contributed by atoms with Gasteiger partial charge in [-0.15, -0.1) is 0 Å². The van der Waals surface area contributed by atoms with Gasteiger partial charge >= 0.3 is 0 Å². The van der Waals surface area contributed by atoms with E-state index in [1.54, 1.807) is 7.11 Å². The van der Waals surface area contributed by atoms with Crippen LogP contribution >= 0.6 is 12.2 Å². The molecule has 1 fully saturated rings. The topological polar surface area (TPSA) is 69.4 Å². The summed E-state index contributed by atoms with van der Waals surface area (Å²) in [4.78, 5) is 0.270. The molecule has 0 unspecified atom stereocenters. The maximum atomic E-state index is 11.7. The van der Waals surface area contributed by atoms with Gasteiger partial charge in [0.2, 0.25) is 0 Å². The highest BCUT2D eigenvalue weighted by molar-refractivity contribution is 7.91. The normalized spacial score (nSPS) is 26.7. The second-order valence-electron chi connectivity index (χ2n) is 4.52. The molecule has 0 spiro atoms. The van der Waals surface area contributed by atoms with Crippen LogP contribution in [0.25, 0.3) is 0 Å². The SMILES string of the molecule is COc1ccc([C@@H]2[C@H](C(N)=S)[C@@H]2S(C)(=O)=O)cc1. The van der Waals surface area contributed by atoms with Crippen molar-refractivity contribution in [3.8, 4) is 5.75 Å². The smallest absolute Gasteiger partial charge is 0.151 e. The molecule has 0 radical (unpaired) electrons. The molecule has 0 saturated heterocycles. The van der Waals surface area contributed by atoms with Crippen molar-refractivity contribution in [3.63, 3.8) is 0 Å². The predicted molar refractivity (Wildman–Crippen MR) is 74.6 cm³/mol. The zero-order valence-electron chi connectivity index (χ0n) is 10.2. The number of thiocarbonyl (C=S) groups is 1. The molecule has 18 heavy (non-hydrogen) atoms. The van der Waals surface area contributed by atoms with Gasteiger partial charge in [0.1, 0.15) is 5.75 Å². The lowest BCUT2D eigenvalue weighted by Crippen LogP contribution is -2.16. The van der Waals surface area contributed by atoms with Crippen LogP contribution in [0.4, 0.5) is 0 Å². The zero-order chi connectivity index (χ0) is 13.5. The lowest BCUT2D eigenvalue weighted by molar-refractivity contribution is 0.414. The Balaban J connectivity index is 2.30. The largest absolute Gasteiger partial charge is 0.497 e. The number of methoxy groups -OCH3 is 1. The highest BCUT2D eigenvalue weighted by atomic mass is 32.2. The van der Waals surface area contributed by atoms with Crippen molar-refractivity contribution < 1.29 is 13.2 Å². The number of hydrogen-bond acceptors (Lipinski definition) is 4. The quantitative estimate of drug-likeness (QED) is 0.839. The molecule has 2 rings (SSSR count). The second-order valence-corrected chi connectivity index (χ2v) is 7.20. The average Bonchev–Trinajstić information content (AvgIpc) is 3.04. The van der Waals surface area contributed by atoms with Crippen LogP contribution in [0.1, 0.15) is 11.5 Å². The van der Waals surface area contributed by atoms with Crippen LogP contribution in [-0.4, -0.2) is 32.0 Å². The minimum atomic E-state index is -3.14. The van der Waals surface area contributed by atoms with Crippen molar-refractivity contribution in [2.45, 2.75) is 11.2 Å². The van der Waals surface area contributed by atoms with E-state index in [4.69, 9.17) is 22.7 Å². The molecule has 1 aliphatic carbocycles. The molecule has 0 aliphatic heterocycles. The van der Waals surface area contributed by atoms with Crippen LogP contribution in [0, 0.1) is 5.92 Å². The summed E-state index contributed by atoms with van der Waals surface area (Å²) in [6.45, 7) is 0. The Hall–Kier alpha value is -1.14. The minimum absolute atomic E-state index is 0.122. The molecule has 0 amide bonds. The van der Waals surface area contributed by atoms with Gasteiger partial charge in [-0.3, -0.25) is 0 Å². The van der Waals surface area contributed by atoms with Gasteiger partial charge in [-0.25, -0.2) is 8.42 Å². The van der Waals surface area contributed by atoms with Crippen LogP contribution < -0.4 is 10.5 Å². The fourth-order valence-corrected chi connectivity index (χ4v) is 4.37. The number of rotatable bonds is 4. The van der Waals surface area contributed by atoms with Gasteiger partial charge in [-0.1, -0.05) is 24.4 Å². The molecule has 1 aliphatic rings. The molecule has 98 valence electrons. The summed E-state index contributed by atoms with van der Waals surface area (Å²) in [6, 6.07) is 7.34. The van der Waals surface area contributed by atoms with Crippen molar-refractivity contribution in [1.29, 1.82) is 0 Å². The van der Waals surface area contributed by atoms with E-state index < -0.39 is 15.1 Å². The standard InChI is InChI=1S/C12H15NO3S2/c1-16-8-5-3-7(4-6-8)9-10(12(13)17)11(9)18(2,14)15/h3-6,9-11H,1-2H3,(H2,13,17)/t9-,10+,11-/m1/s1. The van der Waals surface area contributed by atoms with Crippen molar-refractivity contribution >= 4 is 27.0 Å². The van der Waals surface area contributed by atoms with Gasteiger partial charge in [0, 0.05) is 18.1 Å². The van der Waals surface area contributed by atoms with Crippen molar-refractivity contribution in [3.05, 3.63) is 29.8 Å². The molecule has 6 heteroatoms. The van der Waals surface area contributed by atoms with E-state index >= 15 is 0 Å². The maximum Gasteiger partial charge on any atom is 0.151 e. The molecule has 0 heterocycles. The van der Waals surface area contributed by atoms with Crippen LogP contribution in [0.15, 0.2) is 24.3 Å². The fraction of sp³-hybridized carbons (Fsp3) is 0.417. The second kappa shape index (κ2) is 4.51. The average molecular weight is 285 g/mol. The van der Waals surface area contributed by atoms with Gasteiger partial charge in [0.25, 0.3) is 0 Å². The van der Waals surface area contributed by atoms with E-state index in [9.17, 15) is 8.42 Å². The first kappa shape index (κ1) is 13.3. The first-order valence-corrected chi connectivity index (χ1v) is 7.84. The van der Waals surface area contributed by atoms with Crippen molar-refractivity contribution in [1.82, 2.24) is 0 Å². The Morgan fingerprint density at radius 3 is 2.22 bits per heavy atom.